The van der Waals surface area contributed by atoms with Crippen LogP contribution in [0.5, 0.6) is 0 Å². The maximum atomic E-state index is 13.1. The molecule has 6 atom stereocenters. The average molecular weight is 1480 g/mol. The number of phosphoric acid groups is 2. The second-order valence-corrected chi connectivity index (χ2v) is 33.6. The molecule has 0 radical (unpaired) electrons. The Labute approximate surface area is 619 Å². The predicted octanol–water partition coefficient (Wildman–Crippen LogP) is 24.5. The van der Waals surface area contributed by atoms with Crippen LogP contribution >= 0.6 is 15.6 Å². The van der Waals surface area contributed by atoms with E-state index in [0.29, 0.717) is 25.7 Å². The fourth-order valence-corrected chi connectivity index (χ4v) is 14.2. The molecule has 0 aliphatic rings. The lowest BCUT2D eigenvalue weighted by atomic mass is 9.99. The Bertz CT molecular complexity index is 1960. The zero-order valence-electron chi connectivity index (χ0n) is 66.4. The van der Waals surface area contributed by atoms with E-state index in [1.54, 1.807) is 0 Å². The number of hydrogen-bond donors (Lipinski definition) is 3. The van der Waals surface area contributed by atoms with Crippen molar-refractivity contribution >= 4 is 39.5 Å². The molecule has 0 saturated heterocycles. The van der Waals surface area contributed by atoms with Crippen LogP contribution in [0.4, 0.5) is 0 Å². The monoisotopic (exact) mass is 1480 g/mol. The van der Waals surface area contributed by atoms with Crippen LogP contribution in [-0.2, 0) is 65.4 Å². The number of ether oxygens (including phenoxy) is 4. The minimum atomic E-state index is -4.96. The molecular formula is C82H160O17P2. The summed E-state index contributed by atoms with van der Waals surface area (Å²) in [4.78, 5) is 73.1. The number of carbonyl (C=O) groups excluding carboxylic acids is 4. The van der Waals surface area contributed by atoms with Gasteiger partial charge < -0.3 is 33.8 Å². The fraction of sp³-hybridized carbons (Fsp3) is 0.951. The Morgan fingerprint density at radius 3 is 0.752 bits per heavy atom. The molecule has 0 bridgehead atoms. The first-order valence-electron chi connectivity index (χ1n) is 42.4. The third-order valence-electron chi connectivity index (χ3n) is 19.5. The first-order chi connectivity index (χ1) is 48.8. The van der Waals surface area contributed by atoms with Gasteiger partial charge in [0.2, 0.25) is 0 Å². The molecule has 0 aromatic heterocycles. The molecule has 3 unspecified atom stereocenters. The summed E-state index contributed by atoms with van der Waals surface area (Å²) in [5.74, 6) is 0.203. The Hall–Kier alpha value is -1.94. The first kappa shape index (κ1) is 99.1. The Morgan fingerprint density at radius 2 is 0.505 bits per heavy atom. The molecule has 0 aliphatic heterocycles. The van der Waals surface area contributed by atoms with Crippen molar-refractivity contribution in [2.45, 2.75) is 446 Å². The largest absolute Gasteiger partial charge is 0.472 e. The van der Waals surface area contributed by atoms with Crippen molar-refractivity contribution in [3.05, 3.63) is 0 Å². The van der Waals surface area contributed by atoms with Crippen molar-refractivity contribution in [3.63, 3.8) is 0 Å². The fourth-order valence-electron chi connectivity index (χ4n) is 12.6. The molecule has 0 spiro atoms. The van der Waals surface area contributed by atoms with E-state index in [1.807, 2.05) is 0 Å². The van der Waals surface area contributed by atoms with Crippen LogP contribution in [0.2, 0.25) is 0 Å². The van der Waals surface area contributed by atoms with Gasteiger partial charge in [-0.15, -0.1) is 0 Å². The molecule has 0 rings (SSSR count). The van der Waals surface area contributed by atoms with E-state index in [0.717, 1.165) is 108 Å². The number of esters is 4. The normalized spacial score (nSPS) is 14.2. The SMILES string of the molecule is CCCCCCCCCCCCCCCCCCCCCCCC(=O)O[C@H](COC(=O)CCCCCCCCCCCCCC(C)C)COP(=O)(O)OC[C@@H](O)COP(=O)(O)OC[C@@H](COC(=O)CCCCCCCCCCC(C)CC)OC(=O)CCCCCCCCCCCCCC(C)C. The molecule has 600 valence electrons. The lowest BCUT2D eigenvalue weighted by Crippen LogP contribution is -2.30. The van der Waals surface area contributed by atoms with Crippen molar-refractivity contribution in [2.75, 3.05) is 39.6 Å². The molecule has 3 N–H and O–H groups in total. The zero-order valence-corrected chi connectivity index (χ0v) is 68.2. The molecule has 0 fully saturated rings. The smallest absolute Gasteiger partial charge is 0.462 e. The number of phosphoric ester groups is 2. The lowest BCUT2D eigenvalue weighted by Gasteiger charge is -2.21. The molecule has 0 aliphatic carbocycles. The number of hydrogen-bond acceptors (Lipinski definition) is 15. The standard InChI is InChI=1S/C82H160O17P2/c1-8-10-11-12-13-14-15-16-17-18-19-20-21-22-23-24-29-35-44-51-58-65-81(86)98-77(69-92-79(84)63-56-49-42-34-30-25-27-32-39-46-53-60-73(3)4)71-96-100(88,89)94-67-76(83)68-95-101(90,91)97-72-78(70-93-80(85)64-57-50-43-38-37-41-48-55-62-75(7)9-2)99-82(87)66-59-52-45-36-31-26-28-33-40-47-54-61-74(5)6/h73-78,83H,8-72H2,1-7H3,(H,88,89)(H,90,91)/t75?,76-,77-,78-/m1/s1. The van der Waals surface area contributed by atoms with Crippen molar-refractivity contribution in [2.24, 2.45) is 17.8 Å². The van der Waals surface area contributed by atoms with Crippen LogP contribution in [0.15, 0.2) is 0 Å². The van der Waals surface area contributed by atoms with Gasteiger partial charge in [-0.25, -0.2) is 9.13 Å². The Morgan fingerprint density at radius 1 is 0.287 bits per heavy atom. The third kappa shape index (κ3) is 74.7. The second-order valence-electron chi connectivity index (χ2n) is 30.7. The van der Waals surface area contributed by atoms with Gasteiger partial charge in [-0.05, 0) is 43.4 Å². The van der Waals surface area contributed by atoms with E-state index < -0.39 is 97.5 Å². The molecule has 0 amide bonds. The Balaban J connectivity index is 5.24. The highest BCUT2D eigenvalue weighted by atomic mass is 31.2. The summed E-state index contributed by atoms with van der Waals surface area (Å²) in [5, 5.41) is 10.7. The third-order valence-corrected chi connectivity index (χ3v) is 21.4. The van der Waals surface area contributed by atoms with Crippen molar-refractivity contribution in [1.29, 1.82) is 0 Å². The molecule has 0 heterocycles. The van der Waals surface area contributed by atoms with Gasteiger partial charge in [0.25, 0.3) is 0 Å². The lowest BCUT2D eigenvalue weighted by molar-refractivity contribution is -0.161. The Kier molecular flexibility index (Phi) is 70.9. The van der Waals surface area contributed by atoms with E-state index in [-0.39, 0.29) is 25.7 Å². The van der Waals surface area contributed by atoms with E-state index in [9.17, 15) is 43.2 Å². The van der Waals surface area contributed by atoms with Crippen LogP contribution in [0.1, 0.15) is 427 Å². The van der Waals surface area contributed by atoms with Crippen molar-refractivity contribution < 1.29 is 80.2 Å². The molecule has 17 nitrogen and oxygen atoms in total. The highest BCUT2D eigenvalue weighted by Gasteiger charge is 2.30. The number of aliphatic hydroxyl groups excluding tert-OH is 1. The summed E-state index contributed by atoms with van der Waals surface area (Å²) in [6, 6.07) is 0. The number of aliphatic hydroxyl groups is 1. The summed E-state index contributed by atoms with van der Waals surface area (Å²) >= 11 is 0. The maximum Gasteiger partial charge on any atom is 0.472 e. The van der Waals surface area contributed by atoms with Crippen LogP contribution in [0.3, 0.4) is 0 Å². The van der Waals surface area contributed by atoms with Crippen molar-refractivity contribution in [1.82, 2.24) is 0 Å². The van der Waals surface area contributed by atoms with Gasteiger partial charge in [0, 0.05) is 25.7 Å². The summed E-state index contributed by atoms with van der Waals surface area (Å²) in [6.07, 6.45) is 61.0. The quantitative estimate of drug-likeness (QED) is 0.0222. The molecule has 101 heavy (non-hydrogen) atoms. The topological polar surface area (TPSA) is 237 Å². The van der Waals surface area contributed by atoms with Gasteiger partial charge >= 0.3 is 39.5 Å². The van der Waals surface area contributed by atoms with Gasteiger partial charge in [-0.2, -0.15) is 0 Å². The molecular weight excluding hydrogens is 1320 g/mol. The van der Waals surface area contributed by atoms with Crippen LogP contribution < -0.4 is 0 Å². The molecule has 0 aromatic rings. The average Bonchev–Trinajstić information content (AvgIpc) is 0.956. The number of rotatable bonds is 80. The second kappa shape index (κ2) is 72.3. The van der Waals surface area contributed by atoms with Crippen LogP contribution in [0.25, 0.3) is 0 Å². The van der Waals surface area contributed by atoms with Gasteiger partial charge in [-0.3, -0.25) is 37.3 Å². The van der Waals surface area contributed by atoms with Crippen molar-refractivity contribution in [3.8, 4) is 0 Å². The summed E-state index contributed by atoms with van der Waals surface area (Å²) in [6.45, 7) is 12.0. The van der Waals surface area contributed by atoms with Gasteiger partial charge in [0.05, 0.1) is 26.4 Å². The van der Waals surface area contributed by atoms with Gasteiger partial charge in [0.15, 0.2) is 12.2 Å². The number of carbonyl (C=O) groups is 4. The van der Waals surface area contributed by atoms with E-state index in [2.05, 4.69) is 48.5 Å². The minimum Gasteiger partial charge on any atom is -0.462 e. The van der Waals surface area contributed by atoms with Crippen LogP contribution in [-0.4, -0.2) is 96.7 Å². The maximum absolute atomic E-state index is 13.1. The zero-order chi connectivity index (χ0) is 74.4. The van der Waals surface area contributed by atoms with Gasteiger partial charge in [0.1, 0.15) is 19.3 Å². The molecule has 0 saturated carbocycles. The highest BCUT2D eigenvalue weighted by molar-refractivity contribution is 7.47. The predicted molar refractivity (Wildman–Crippen MR) is 414 cm³/mol. The highest BCUT2D eigenvalue weighted by Crippen LogP contribution is 2.45. The minimum absolute atomic E-state index is 0.106. The van der Waals surface area contributed by atoms with E-state index >= 15 is 0 Å². The summed E-state index contributed by atoms with van der Waals surface area (Å²) in [5.41, 5.74) is 0. The molecule has 0 aromatic carbocycles. The van der Waals surface area contributed by atoms with E-state index in [1.165, 1.54) is 238 Å². The first-order valence-corrected chi connectivity index (χ1v) is 45.4. The van der Waals surface area contributed by atoms with Gasteiger partial charge in [-0.1, -0.05) is 376 Å². The summed E-state index contributed by atoms with van der Waals surface area (Å²) in [7, 11) is -9.92. The molecule has 19 heteroatoms. The van der Waals surface area contributed by atoms with Crippen LogP contribution in [0, 0.1) is 17.8 Å². The number of unbranched alkanes of at least 4 members (excludes halogenated alkanes) is 47. The van der Waals surface area contributed by atoms with E-state index in [4.69, 9.17) is 37.0 Å². The summed E-state index contributed by atoms with van der Waals surface area (Å²) < 4.78 is 68.8.